The van der Waals surface area contributed by atoms with Gasteiger partial charge >= 0.3 is 16.5 Å². The molecule has 1 aromatic carbocycles. The van der Waals surface area contributed by atoms with Crippen molar-refractivity contribution in [3.05, 3.63) is 80.4 Å². The Morgan fingerprint density at radius 1 is 1.29 bits per heavy atom. The Hall–Kier alpha value is -2.67. The molecule has 0 radical (unpaired) electrons. The maximum Gasteiger partial charge on any atom is 0.341 e. The lowest BCUT2D eigenvalue weighted by molar-refractivity contribution is 0.0489. The zero-order valence-corrected chi connectivity index (χ0v) is 14.1. The average molecular weight is 346 g/mol. The van der Waals surface area contributed by atoms with Gasteiger partial charge in [0.1, 0.15) is 6.61 Å². The molecule has 24 heavy (non-hydrogen) atoms. The first-order chi connectivity index (χ1) is 11.6. The Kier molecular flexibility index (Phi) is 6.08. The van der Waals surface area contributed by atoms with Crippen LogP contribution in [0.4, 0.5) is 0 Å². The topological polar surface area (TPSA) is 70.3 Å². The molecule has 0 spiro atoms. The molecule has 0 aliphatic carbocycles. The van der Waals surface area contributed by atoms with Crippen LogP contribution in [0.3, 0.4) is 0 Å². The van der Waals surface area contributed by atoms with Gasteiger partial charge in [0.05, 0.1) is 18.7 Å². The van der Waals surface area contributed by atoms with Crippen molar-refractivity contribution < 1.29 is 9.53 Å². The van der Waals surface area contributed by atoms with E-state index in [0.717, 1.165) is 21.7 Å². The summed E-state index contributed by atoms with van der Waals surface area (Å²) in [4.78, 5) is 35.6. The second-order valence-corrected chi connectivity index (χ2v) is 5.87. The molecule has 0 aliphatic heterocycles. The minimum absolute atomic E-state index is 0.0268. The summed E-state index contributed by atoms with van der Waals surface area (Å²) in [6, 6.07) is 8.54. The normalized spacial score (nSPS) is 11.3. The molecule has 0 unspecified atom stereocenters. The van der Waals surface area contributed by atoms with Gasteiger partial charge in [0, 0.05) is 11.5 Å². The van der Waals surface area contributed by atoms with Crippen molar-refractivity contribution in [2.24, 2.45) is 0 Å². The maximum absolute atomic E-state index is 12.2. The summed E-state index contributed by atoms with van der Waals surface area (Å²) in [6.07, 6.45) is 3.47. The fourth-order valence-electron chi connectivity index (χ4n) is 2.01. The van der Waals surface area contributed by atoms with Gasteiger partial charge in [-0.2, -0.15) is 0 Å². The lowest BCUT2D eigenvalue weighted by atomic mass is 10.2. The fraction of sp³-hybridized carbons (Fsp3) is 0.235. The molecule has 0 aliphatic rings. The van der Waals surface area contributed by atoms with Crippen LogP contribution in [0.1, 0.15) is 17.3 Å². The van der Waals surface area contributed by atoms with Crippen LogP contribution in [0.15, 0.2) is 64.2 Å². The third-order valence-electron chi connectivity index (χ3n) is 3.37. The summed E-state index contributed by atoms with van der Waals surface area (Å²) in [7, 11) is 0. The smallest absolute Gasteiger partial charge is 0.341 e. The molecule has 7 heteroatoms. The molecule has 0 amide bonds. The molecular weight excluding hydrogens is 328 g/mol. The Morgan fingerprint density at radius 3 is 2.62 bits per heavy atom. The predicted octanol–water partition coefficient (Wildman–Crippen LogP) is 2.06. The van der Waals surface area contributed by atoms with Crippen molar-refractivity contribution in [2.75, 3.05) is 6.61 Å². The zero-order chi connectivity index (χ0) is 17.5. The van der Waals surface area contributed by atoms with E-state index in [1.807, 2.05) is 13.0 Å². The Morgan fingerprint density at radius 2 is 2.00 bits per heavy atom. The number of carbonyl (C=O) groups excluding carboxylic acids is 1. The molecule has 1 heterocycles. The molecule has 0 fully saturated rings. The van der Waals surface area contributed by atoms with Crippen LogP contribution in [-0.2, 0) is 17.8 Å². The number of esters is 1. The van der Waals surface area contributed by atoms with Crippen LogP contribution in [-0.4, -0.2) is 21.1 Å². The molecule has 2 rings (SSSR count). The van der Waals surface area contributed by atoms with Crippen LogP contribution >= 0.6 is 11.5 Å². The molecule has 0 saturated carbocycles. The third kappa shape index (κ3) is 4.20. The van der Waals surface area contributed by atoms with Crippen molar-refractivity contribution >= 4 is 17.5 Å². The quantitative estimate of drug-likeness (QED) is 0.568. The highest BCUT2D eigenvalue weighted by Crippen LogP contribution is 2.02. The van der Waals surface area contributed by atoms with Gasteiger partial charge < -0.3 is 4.74 Å². The maximum atomic E-state index is 12.2. The van der Waals surface area contributed by atoms with Gasteiger partial charge in [-0.1, -0.05) is 36.9 Å². The molecule has 0 atom stereocenters. The molecule has 0 bridgehead atoms. The average Bonchev–Trinajstić information content (AvgIpc) is 2.87. The Bertz CT molecular complexity index is 859. The molecular formula is C17H18N2O4S. The highest BCUT2D eigenvalue weighted by atomic mass is 32.1. The number of aromatic nitrogens is 2. The molecule has 126 valence electrons. The van der Waals surface area contributed by atoms with Crippen molar-refractivity contribution in [3.63, 3.8) is 0 Å². The van der Waals surface area contributed by atoms with Gasteiger partial charge in [-0.15, -0.1) is 0 Å². The van der Waals surface area contributed by atoms with Crippen LogP contribution in [0, 0.1) is 0 Å². The minimum Gasteiger partial charge on any atom is -0.460 e. The highest BCUT2D eigenvalue weighted by Gasteiger charge is 2.12. The fourth-order valence-corrected chi connectivity index (χ4v) is 2.86. The van der Waals surface area contributed by atoms with Crippen LogP contribution in [0.2, 0.25) is 0 Å². The second kappa shape index (κ2) is 8.26. The van der Waals surface area contributed by atoms with E-state index in [9.17, 15) is 14.4 Å². The summed E-state index contributed by atoms with van der Waals surface area (Å²) in [5.74, 6) is -0.484. The summed E-state index contributed by atoms with van der Waals surface area (Å²) in [6.45, 7) is 5.79. The standard InChI is InChI=1S/C17H18N2O4S/c1-3-13(4-2)12-19-16(21)18(17(22)24-19)10-11-23-15(20)14-8-6-5-7-9-14/h3-9H,1,10-12H2,2H3. The number of ether oxygens (including phenoxy) is 1. The van der Waals surface area contributed by atoms with E-state index in [-0.39, 0.29) is 18.0 Å². The van der Waals surface area contributed by atoms with Gasteiger partial charge in [-0.05, 0) is 24.6 Å². The lowest BCUT2D eigenvalue weighted by Gasteiger charge is -2.04. The summed E-state index contributed by atoms with van der Waals surface area (Å²) < 4.78 is 7.53. The molecule has 6 nitrogen and oxygen atoms in total. The number of nitrogens with zero attached hydrogens (tertiary/aromatic N) is 2. The van der Waals surface area contributed by atoms with Crippen molar-refractivity contribution in [1.82, 2.24) is 8.52 Å². The Balaban J connectivity index is 2.02. The van der Waals surface area contributed by atoms with Gasteiger partial charge in [0.15, 0.2) is 0 Å². The monoisotopic (exact) mass is 346 g/mol. The van der Waals surface area contributed by atoms with Crippen molar-refractivity contribution in [1.29, 1.82) is 0 Å². The summed E-state index contributed by atoms with van der Waals surface area (Å²) >= 11 is 0.838. The number of allylic oxidation sites excluding steroid dienone is 3. The van der Waals surface area contributed by atoms with Gasteiger partial charge in [0.25, 0.3) is 0 Å². The van der Waals surface area contributed by atoms with Gasteiger partial charge in [-0.25, -0.2) is 18.1 Å². The Labute approximate surface area is 143 Å². The van der Waals surface area contributed by atoms with E-state index in [1.54, 1.807) is 36.4 Å². The summed E-state index contributed by atoms with van der Waals surface area (Å²) in [5.41, 5.74) is 0.860. The molecule has 0 N–H and O–H groups in total. The summed E-state index contributed by atoms with van der Waals surface area (Å²) in [5, 5.41) is 0. The molecule has 2 aromatic rings. The van der Waals surface area contributed by atoms with E-state index < -0.39 is 11.7 Å². The minimum atomic E-state index is -0.484. The van der Waals surface area contributed by atoms with E-state index >= 15 is 0 Å². The number of carbonyl (C=O) groups is 1. The predicted molar refractivity (Wildman–Crippen MR) is 93.5 cm³/mol. The first-order valence-electron chi connectivity index (χ1n) is 7.37. The van der Waals surface area contributed by atoms with Crippen LogP contribution in [0.5, 0.6) is 0 Å². The zero-order valence-electron chi connectivity index (χ0n) is 13.3. The van der Waals surface area contributed by atoms with Crippen LogP contribution in [0.25, 0.3) is 0 Å². The van der Waals surface area contributed by atoms with Crippen molar-refractivity contribution in [2.45, 2.75) is 20.0 Å². The first-order valence-corrected chi connectivity index (χ1v) is 8.15. The van der Waals surface area contributed by atoms with Crippen molar-refractivity contribution in [3.8, 4) is 0 Å². The van der Waals surface area contributed by atoms with Gasteiger partial charge in [-0.3, -0.25) is 4.79 Å². The second-order valence-electron chi connectivity index (χ2n) is 4.90. The van der Waals surface area contributed by atoms with E-state index in [1.165, 1.54) is 3.96 Å². The highest BCUT2D eigenvalue weighted by molar-refractivity contribution is 7.03. The number of hydrogen-bond donors (Lipinski definition) is 0. The van der Waals surface area contributed by atoms with E-state index in [4.69, 9.17) is 4.74 Å². The lowest BCUT2D eigenvalue weighted by Crippen LogP contribution is -2.31. The third-order valence-corrected chi connectivity index (χ3v) is 4.25. The largest absolute Gasteiger partial charge is 0.460 e. The SMILES string of the molecule is C=CC(=CC)Cn1sc(=O)n(CCOC(=O)c2ccccc2)c1=O. The van der Waals surface area contributed by atoms with Gasteiger partial charge in [0.2, 0.25) is 0 Å². The number of benzene rings is 1. The first kappa shape index (κ1) is 17.7. The molecule has 0 saturated heterocycles. The number of hydrogen-bond acceptors (Lipinski definition) is 5. The number of rotatable bonds is 7. The van der Waals surface area contributed by atoms with Crippen LogP contribution < -0.4 is 10.6 Å². The van der Waals surface area contributed by atoms with E-state index in [2.05, 4.69) is 6.58 Å². The van der Waals surface area contributed by atoms with E-state index in [0.29, 0.717) is 12.1 Å². The molecule has 1 aromatic heterocycles.